The molecule has 0 saturated heterocycles. The lowest BCUT2D eigenvalue weighted by atomic mass is 10.00. The van der Waals surface area contributed by atoms with Gasteiger partial charge in [0.05, 0.1) is 13.3 Å². The number of ether oxygens (including phenoxy) is 1. The van der Waals surface area contributed by atoms with Gasteiger partial charge < -0.3 is 10.1 Å². The van der Waals surface area contributed by atoms with Crippen molar-refractivity contribution in [2.45, 2.75) is 43.6 Å². The van der Waals surface area contributed by atoms with Crippen molar-refractivity contribution in [2.75, 3.05) is 13.7 Å². The molecule has 0 unspecified atom stereocenters. The van der Waals surface area contributed by atoms with Gasteiger partial charge in [0.2, 0.25) is 0 Å². The number of hydrogen-bond acceptors (Lipinski definition) is 3. The first-order valence-corrected chi connectivity index (χ1v) is 8.70. The zero-order valence-corrected chi connectivity index (χ0v) is 14.0. The van der Waals surface area contributed by atoms with E-state index >= 15 is 0 Å². The molecule has 0 amide bonds. The first kappa shape index (κ1) is 15.6. The third kappa shape index (κ3) is 3.16. The normalized spacial score (nSPS) is 18.4. The standard InChI is InChI=1S/C20H23FN2O/c1-24-17-5-6-18(14-2-3-14)15(10-17)11-22-13-20(8-9-20)19-7-4-16(21)12-23-19/h4-7,10,12,14,22H,2-3,8-9,11,13H2,1H3. The number of aromatic nitrogens is 1. The highest BCUT2D eigenvalue weighted by molar-refractivity contribution is 5.39. The van der Waals surface area contributed by atoms with Crippen molar-refractivity contribution < 1.29 is 9.13 Å². The van der Waals surface area contributed by atoms with Crippen LogP contribution in [-0.4, -0.2) is 18.6 Å². The Labute approximate surface area is 142 Å². The predicted octanol–water partition coefficient (Wildman–Crippen LogP) is 3.93. The van der Waals surface area contributed by atoms with Gasteiger partial charge in [0.25, 0.3) is 0 Å². The van der Waals surface area contributed by atoms with E-state index in [9.17, 15) is 4.39 Å². The van der Waals surface area contributed by atoms with E-state index < -0.39 is 0 Å². The van der Waals surface area contributed by atoms with E-state index in [0.717, 1.165) is 43.3 Å². The molecule has 24 heavy (non-hydrogen) atoms. The lowest BCUT2D eigenvalue weighted by molar-refractivity contribution is 0.413. The molecule has 0 radical (unpaired) electrons. The van der Waals surface area contributed by atoms with Gasteiger partial charge in [0.1, 0.15) is 11.6 Å². The van der Waals surface area contributed by atoms with Crippen molar-refractivity contribution in [2.24, 2.45) is 0 Å². The lowest BCUT2D eigenvalue weighted by Crippen LogP contribution is -2.27. The van der Waals surface area contributed by atoms with Crippen LogP contribution in [0.2, 0.25) is 0 Å². The maximum atomic E-state index is 13.1. The third-order valence-electron chi connectivity index (χ3n) is 5.27. The number of pyridine rings is 1. The zero-order chi connectivity index (χ0) is 16.6. The average molecular weight is 326 g/mol. The second kappa shape index (κ2) is 6.17. The topological polar surface area (TPSA) is 34.1 Å². The molecule has 0 aliphatic heterocycles. The minimum atomic E-state index is -0.270. The Morgan fingerprint density at radius 2 is 2.08 bits per heavy atom. The van der Waals surface area contributed by atoms with Crippen LogP contribution in [0.5, 0.6) is 5.75 Å². The molecule has 0 spiro atoms. The van der Waals surface area contributed by atoms with E-state index in [1.165, 1.54) is 36.2 Å². The van der Waals surface area contributed by atoms with Crippen molar-refractivity contribution in [3.8, 4) is 5.75 Å². The summed E-state index contributed by atoms with van der Waals surface area (Å²) in [5.41, 5.74) is 3.88. The first-order chi connectivity index (χ1) is 11.7. The van der Waals surface area contributed by atoms with Crippen molar-refractivity contribution in [3.63, 3.8) is 0 Å². The molecule has 4 rings (SSSR count). The second-order valence-electron chi connectivity index (χ2n) is 7.08. The molecule has 1 aromatic heterocycles. The molecule has 2 aliphatic rings. The van der Waals surface area contributed by atoms with Crippen LogP contribution < -0.4 is 10.1 Å². The van der Waals surface area contributed by atoms with Gasteiger partial charge >= 0.3 is 0 Å². The summed E-state index contributed by atoms with van der Waals surface area (Å²) in [5, 5.41) is 3.60. The van der Waals surface area contributed by atoms with Crippen molar-refractivity contribution in [1.82, 2.24) is 10.3 Å². The highest BCUT2D eigenvalue weighted by Crippen LogP contribution is 2.47. The summed E-state index contributed by atoms with van der Waals surface area (Å²) in [5.74, 6) is 1.37. The van der Waals surface area contributed by atoms with Crippen LogP contribution in [0.1, 0.15) is 48.4 Å². The fourth-order valence-electron chi connectivity index (χ4n) is 3.46. The van der Waals surface area contributed by atoms with E-state index in [0.29, 0.717) is 0 Å². The van der Waals surface area contributed by atoms with Gasteiger partial charge in [-0.15, -0.1) is 0 Å². The molecule has 2 fully saturated rings. The fourth-order valence-corrected chi connectivity index (χ4v) is 3.46. The Morgan fingerprint density at radius 1 is 1.25 bits per heavy atom. The summed E-state index contributed by atoms with van der Waals surface area (Å²) in [6, 6.07) is 9.75. The van der Waals surface area contributed by atoms with Crippen molar-refractivity contribution >= 4 is 0 Å². The number of nitrogens with one attached hydrogen (secondary N) is 1. The maximum absolute atomic E-state index is 13.1. The number of benzene rings is 1. The SMILES string of the molecule is COc1ccc(C2CC2)c(CNCC2(c3ccc(F)cn3)CC2)c1. The van der Waals surface area contributed by atoms with Gasteiger partial charge in [-0.3, -0.25) is 4.98 Å². The molecule has 0 bridgehead atoms. The summed E-state index contributed by atoms with van der Waals surface area (Å²) in [4.78, 5) is 4.29. The van der Waals surface area contributed by atoms with Gasteiger partial charge in [-0.1, -0.05) is 6.07 Å². The Kier molecular flexibility index (Phi) is 4.01. The van der Waals surface area contributed by atoms with Crippen LogP contribution in [0, 0.1) is 5.82 Å². The molecular formula is C20H23FN2O. The summed E-state index contributed by atoms with van der Waals surface area (Å²) in [6.07, 6.45) is 6.15. The van der Waals surface area contributed by atoms with E-state index in [4.69, 9.17) is 4.74 Å². The summed E-state index contributed by atoms with van der Waals surface area (Å²) < 4.78 is 18.5. The van der Waals surface area contributed by atoms with E-state index in [-0.39, 0.29) is 11.2 Å². The molecule has 0 atom stereocenters. The third-order valence-corrected chi connectivity index (χ3v) is 5.27. The number of rotatable bonds is 7. The molecule has 2 aromatic rings. The smallest absolute Gasteiger partial charge is 0.141 e. The van der Waals surface area contributed by atoms with Crippen molar-refractivity contribution in [1.29, 1.82) is 0 Å². The number of methoxy groups -OCH3 is 1. The van der Waals surface area contributed by atoms with E-state index in [1.807, 2.05) is 6.07 Å². The summed E-state index contributed by atoms with van der Waals surface area (Å²) >= 11 is 0. The molecule has 4 heteroatoms. The molecule has 1 N–H and O–H groups in total. The van der Waals surface area contributed by atoms with Crippen LogP contribution in [0.3, 0.4) is 0 Å². The van der Waals surface area contributed by atoms with Crippen LogP contribution in [0.25, 0.3) is 0 Å². The van der Waals surface area contributed by atoms with Gasteiger partial charge in [-0.25, -0.2) is 4.39 Å². The van der Waals surface area contributed by atoms with Gasteiger partial charge in [-0.05, 0) is 67.0 Å². The molecule has 126 valence electrons. The van der Waals surface area contributed by atoms with Crippen LogP contribution in [0.4, 0.5) is 4.39 Å². The predicted molar refractivity (Wildman–Crippen MR) is 91.8 cm³/mol. The van der Waals surface area contributed by atoms with Crippen LogP contribution in [-0.2, 0) is 12.0 Å². The average Bonchev–Trinajstić information content (AvgIpc) is 3.50. The Hall–Kier alpha value is -1.94. The zero-order valence-electron chi connectivity index (χ0n) is 14.0. The summed E-state index contributed by atoms with van der Waals surface area (Å²) in [6.45, 7) is 1.72. The highest BCUT2D eigenvalue weighted by atomic mass is 19.1. The van der Waals surface area contributed by atoms with Crippen molar-refractivity contribution in [3.05, 3.63) is 59.2 Å². The van der Waals surface area contributed by atoms with E-state index in [1.54, 1.807) is 7.11 Å². The number of hydrogen-bond donors (Lipinski definition) is 1. The fraction of sp³-hybridized carbons (Fsp3) is 0.450. The minimum Gasteiger partial charge on any atom is -0.497 e. The molecule has 3 nitrogen and oxygen atoms in total. The quantitative estimate of drug-likeness (QED) is 0.837. The number of nitrogens with zero attached hydrogens (tertiary/aromatic N) is 1. The Bertz CT molecular complexity index is 721. The monoisotopic (exact) mass is 326 g/mol. The molecule has 1 heterocycles. The van der Waals surface area contributed by atoms with Gasteiger partial charge in [0.15, 0.2) is 0 Å². The van der Waals surface area contributed by atoms with E-state index in [2.05, 4.69) is 28.5 Å². The molecule has 1 aromatic carbocycles. The highest BCUT2D eigenvalue weighted by Gasteiger charge is 2.45. The first-order valence-electron chi connectivity index (χ1n) is 8.70. The largest absolute Gasteiger partial charge is 0.497 e. The Balaban J connectivity index is 1.43. The number of halogens is 1. The van der Waals surface area contributed by atoms with Crippen LogP contribution in [0.15, 0.2) is 36.5 Å². The molecule has 2 aliphatic carbocycles. The second-order valence-corrected chi connectivity index (χ2v) is 7.08. The molecular weight excluding hydrogens is 303 g/mol. The molecule has 2 saturated carbocycles. The lowest BCUT2D eigenvalue weighted by Gasteiger charge is -2.17. The maximum Gasteiger partial charge on any atom is 0.141 e. The van der Waals surface area contributed by atoms with Gasteiger partial charge in [-0.2, -0.15) is 0 Å². The van der Waals surface area contributed by atoms with Gasteiger partial charge in [0, 0.05) is 24.2 Å². The van der Waals surface area contributed by atoms with Crippen LogP contribution >= 0.6 is 0 Å². The summed E-state index contributed by atoms with van der Waals surface area (Å²) in [7, 11) is 1.71. The minimum absolute atomic E-state index is 0.0896. The Morgan fingerprint density at radius 3 is 2.71 bits per heavy atom.